The van der Waals surface area contributed by atoms with Crippen molar-refractivity contribution in [3.05, 3.63) is 0 Å². The molecule has 6 nitrogen and oxygen atoms in total. The highest BCUT2D eigenvalue weighted by Gasteiger charge is 2.21. The molecule has 0 radical (unpaired) electrons. The molecule has 0 aliphatic rings. The van der Waals surface area contributed by atoms with E-state index in [9.17, 15) is 14.4 Å². The first-order valence-corrected chi connectivity index (χ1v) is 4.57. The molecule has 15 heavy (non-hydrogen) atoms. The number of carbonyl (C=O) groups excluding carboxylic acids is 1. The van der Waals surface area contributed by atoms with E-state index in [1.54, 1.807) is 13.8 Å². The summed E-state index contributed by atoms with van der Waals surface area (Å²) >= 11 is 0. The lowest BCUT2D eigenvalue weighted by molar-refractivity contribution is -0.148. The molecular weight excluding hydrogens is 202 g/mol. The third kappa shape index (κ3) is 5.66. The van der Waals surface area contributed by atoms with Crippen molar-refractivity contribution in [2.45, 2.75) is 20.3 Å². The van der Waals surface area contributed by atoms with Crippen LogP contribution in [0.5, 0.6) is 0 Å². The Hall–Kier alpha value is -1.59. The zero-order valence-electron chi connectivity index (χ0n) is 8.69. The summed E-state index contributed by atoms with van der Waals surface area (Å²) in [7, 11) is 0. The van der Waals surface area contributed by atoms with Crippen LogP contribution >= 0.6 is 0 Å². The normalized spacial score (nSPS) is 12.2. The summed E-state index contributed by atoms with van der Waals surface area (Å²) in [6.07, 6.45) is -0.492. The molecule has 0 bridgehead atoms. The van der Waals surface area contributed by atoms with Crippen molar-refractivity contribution in [1.82, 2.24) is 5.32 Å². The fourth-order valence-corrected chi connectivity index (χ4v) is 0.885. The number of nitrogens with one attached hydrogen (secondary N) is 1. The molecule has 3 N–H and O–H groups in total. The summed E-state index contributed by atoms with van der Waals surface area (Å²) in [6, 6.07) is 0. The first-order valence-electron chi connectivity index (χ1n) is 4.57. The molecule has 0 aliphatic carbocycles. The van der Waals surface area contributed by atoms with Gasteiger partial charge in [-0.15, -0.1) is 0 Å². The van der Waals surface area contributed by atoms with Gasteiger partial charge in [0.15, 0.2) is 0 Å². The Morgan fingerprint density at radius 2 is 1.73 bits per heavy atom. The Balaban J connectivity index is 4.13. The average molecular weight is 217 g/mol. The Morgan fingerprint density at radius 1 is 1.20 bits per heavy atom. The van der Waals surface area contributed by atoms with Gasteiger partial charge in [0.1, 0.15) is 0 Å². The molecule has 0 rings (SSSR count). The SMILES string of the molecule is CC(C)C(=O)NCC(CC(=O)O)C(=O)O. The molecule has 0 aromatic carbocycles. The van der Waals surface area contributed by atoms with Crippen LogP contribution in [0.15, 0.2) is 0 Å². The van der Waals surface area contributed by atoms with Gasteiger partial charge < -0.3 is 15.5 Å². The first kappa shape index (κ1) is 13.4. The Bertz CT molecular complexity index is 261. The van der Waals surface area contributed by atoms with Crippen molar-refractivity contribution in [2.24, 2.45) is 11.8 Å². The lowest BCUT2D eigenvalue weighted by Crippen LogP contribution is -2.36. The monoisotopic (exact) mass is 217 g/mol. The number of carboxylic acid groups (broad SMARTS) is 2. The highest BCUT2D eigenvalue weighted by atomic mass is 16.4. The third-order valence-electron chi connectivity index (χ3n) is 1.82. The number of carbonyl (C=O) groups is 3. The van der Waals surface area contributed by atoms with E-state index in [4.69, 9.17) is 10.2 Å². The van der Waals surface area contributed by atoms with Crippen LogP contribution in [-0.2, 0) is 14.4 Å². The average Bonchev–Trinajstić information content (AvgIpc) is 2.10. The van der Waals surface area contributed by atoms with E-state index in [2.05, 4.69) is 5.32 Å². The largest absolute Gasteiger partial charge is 0.481 e. The van der Waals surface area contributed by atoms with Crippen LogP contribution in [0.3, 0.4) is 0 Å². The van der Waals surface area contributed by atoms with E-state index in [-0.39, 0.29) is 18.4 Å². The van der Waals surface area contributed by atoms with Crippen LogP contribution in [0.4, 0.5) is 0 Å². The van der Waals surface area contributed by atoms with Gasteiger partial charge in [0.25, 0.3) is 0 Å². The summed E-state index contributed by atoms with van der Waals surface area (Å²) in [5.41, 5.74) is 0. The number of carboxylic acids is 2. The van der Waals surface area contributed by atoms with Crippen LogP contribution in [0.1, 0.15) is 20.3 Å². The van der Waals surface area contributed by atoms with Gasteiger partial charge in [-0.1, -0.05) is 13.8 Å². The Kier molecular flexibility index (Phi) is 5.36. The van der Waals surface area contributed by atoms with Gasteiger partial charge in [0.2, 0.25) is 5.91 Å². The zero-order chi connectivity index (χ0) is 12.0. The number of hydrogen-bond donors (Lipinski definition) is 3. The zero-order valence-corrected chi connectivity index (χ0v) is 8.69. The molecule has 1 unspecified atom stereocenters. The lowest BCUT2D eigenvalue weighted by atomic mass is 10.1. The van der Waals surface area contributed by atoms with Gasteiger partial charge in [-0.3, -0.25) is 14.4 Å². The number of rotatable bonds is 6. The summed E-state index contributed by atoms with van der Waals surface area (Å²) in [5, 5.41) is 19.5. The maximum atomic E-state index is 11.1. The Morgan fingerprint density at radius 3 is 2.07 bits per heavy atom. The Labute approximate surface area is 87.3 Å². The highest BCUT2D eigenvalue weighted by Crippen LogP contribution is 2.02. The molecule has 0 aliphatic heterocycles. The molecule has 1 atom stereocenters. The maximum Gasteiger partial charge on any atom is 0.308 e. The molecule has 0 spiro atoms. The fraction of sp³-hybridized carbons (Fsp3) is 0.667. The first-order chi connectivity index (χ1) is 6.84. The molecule has 1 amide bonds. The molecular formula is C9H15NO5. The van der Waals surface area contributed by atoms with Gasteiger partial charge >= 0.3 is 11.9 Å². The fourth-order valence-electron chi connectivity index (χ4n) is 0.885. The van der Waals surface area contributed by atoms with Crippen molar-refractivity contribution < 1.29 is 24.6 Å². The molecule has 0 saturated carbocycles. The lowest BCUT2D eigenvalue weighted by Gasteiger charge is -2.12. The van der Waals surface area contributed by atoms with Crippen molar-refractivity contribution in [3.8, 4) is 0 Å². The second-order valence-corrected chi connectivity index (χ2v) is 3.53. The van der Waals surface area contributed by atoms with Gasteiger partial charge in [0.05, 0.1) is 12.3 Å². The number of aliphatic carboxylic acids is 2. The minimum absolute atomic E-state index is 0.154. The smallest absolute Gasteiger partial charge is 0.308 e. The van der Waals surface area contributed by atoms with Gasteiger partial charge in [-0.25, -0.2) is 0 Å². The van der Waals surface area contributed by atoms with Crippen LogP contribution in [0.25, 0.3) is 0 Å². The quantitative estimate of drug-likeness (QED) is 0.578. The van der Waals surface area contributed by atoms with Crippen molar-refractivity contribution in [1.29, 1.82) is 0 Å². The predicted molar refractivity (Wildman–Crippen MR) is 51.2 cm³/mol. The minimum Gasteiger partial charge on any atom is -0.481 e. The van der Waals surface area contributed by atoms with E-state index in [0.29, 0.717) is 0 Å². The van der Waals surface area contributed by atoms with Crippen LogP contribution in [-0.4, -0.2) is 34.6 Å². The molecule has 0 fully saturated rings. The summed E-state index contributed by atoms with van der Waals surface area (Å²) in [4.78, 5) is 32.0. The molecule has 0 saturated heterocycles. The van der Waals surface area contributed by atoms with Gasteiger partial charge in [-0.2, -0.15) is 0 Å². The topological polar surface area (TPSA) is 104 Å². The molecule has 0 heterocycles. The second kappa shape index (κ2) is 6.00. The predicted octanol–water partition coefficient (Wildman–Crippen LogP) is -0.0659. The van der Waals surface area contributed by atoms with Crippen molar-refractivity contribution >= 4 is 17.8 Å². The number of amides is 1. The van der Waals surface area contributed by atoms with Crippen LogP contribution in [0.2, 0.25) is 0 Å². The number of hydrogen-bond acceptors (Lipinski definition) is 3. The van der Waals surface area contributed by atoms with E-state index in [1.165, 1.54) is 0 Å². The maximum absolute atomic E-state index is 11.1. The second-order valence-electron chi connectivity index (χ2n) is 3.53. The summed E-state index contributed by atoms with van der Waals surface area (Å²) in [6.45, 7) is 3.18. The van der Waals surface area contributed by atoms with E-state index < -0.39 is 24.3 Å². The van der Waals surface area contributed by atoms with Crippen LogP contribution in [0, 0.1) is 11.8 Å². The molecule has 0 aromatic rings. The highest BCUT2D eigenvalue weighted by molar-refractivity contribution is 5.80. The van der Waals surface area contributed by atoms with E-state index >= 15 is 0 Å². The van der Waals surface area contributed by atoms with Crippen LogP contribution < -0.4 is 5.32 Å². The summed E-state index contributed by atoms with van der Waals surface area (Å²) in [5.74, 6) is -4.02. The van der Waals surface area contributed by atoms with Crippen molar-refractivity contribution in [3.63, 3.8) is 0 Å². The standard InChI is InChI=1S/C9H15NO5/c1-5(2)8(13)10-4-6(9(14)15)3-7(11)12/h5-6H,3-4H2,1-2H3,(H,10,13)(H,11,12)(H,14,15). The molecule has 86 valence electrons. The van der Waals surface area contributed by atoms with E-state index in [1.807, 2.05) is 0 Å². The third-order valence-corrected chi connectivity index (χ3v) is 1.82. The minimum atomic E-state index is -1.22. The molecule has 6 heteroatoms. The van der Waals surface area contributed by atoms with E-state index in [0.717, 1.165) is 0 Å². The molecule has 0 aromatic heterocycles. The van der Waals surface area contributed by atoms with Gasteiger partial charge in [0, 0.05) is 12.5 Å². The van der Waals surface area contributed by atoms with Gasteiger partial charge in [-0.05, 0) is 0 Å². The van der Waals surface area contributed by atoms with Crippen molar-refractivity contribution in [2.75, 3.05) is 6.54 Å². The summed E-state index contributed by atoms with van der Waals surface area (Å²) < 4.78 is 0.